The number of carbonyl (C=O) groups is 2. The van der Waals surface area contributed by atoms with Crippen molar-refractivity contribution in [2.24, 2.45) is 0 Å². The standard InChI is InChI=1S/C26H29Cl3N4O2/c1-5-6-12-32(25(35)17-8-7-9-18(27)13-17)16-24(34)30-23-15-22(26(2,3)4)31-33(23)19-10-11-20(28)21(29)14-19/h7-11,13-15H,5-6,12,16H2,1-4H3,(H,30,34). The van der Waals surface area contributed by atoms with Crippen molar-refractivity contribution in [3.63, 3.8) is 0 Å². The van der Waals surface area contributed by atoms with Gasteiger partial charge in [-0.3, -0.25) is 9.59 Å². The molecule has 2 aromatic carbocycles. The van der Waals surface area contributed by atoms with Gasteiger partial charge in [0.2, 0.25) is 5.91 Å². The first-order valence-corrected chi connectivity index (χ1v) is 12.5. The fraction of sp³-hybridized carbons (Fsp3) is 0.346. The van der Waals surface area contributed by atoms with Gasteiger partial charge in [0.25, 0.3) is 5.91 Å². The molecule has 1 aromatic heterocycles. The Morgan fingerprint density at radius 1 is 1.03 bits per heavy atom. The summed E-state index contributed by atoms with van der Waals surface area (Å²) in [5.41, 5.74) is 1.63. The number of aromatic nitrogens is 2. The highest BCUT2D eigenvalue weighted by atomic mass is 35.5. The van der Waals surface area contributed by atoms with Gasteiger partial charge in [-0.2, -0.15) is 5.10 Å². The van der Waals surface area contributed by atoms with E-state index < -0.39 is 0 Å². The summed E-state index contributed by atoms with van der Waals surface area (Å²) in [5, 5.41) is 8.90. The molecule has 1 N–H and O–H groups in total. The van der Waals surface area contributed by atoms with E-state index in [0.29, 0.717) is 38.7 Å². The predicted octanol–water partition coefficient (Wildman–Crippen LogP) is 7.01. The number of hydrogen-bond acceptors (Lipinski definition) is 3. The molecule has 0 atom stereocenters. The van der Waals surface area contributed by atoms with Crippen LogP contribution in [0.2, 0.25) is 15.1 Å². The Morgan fingerprint density at radius 3 is 2.40 bits per heavy atom. The zero-order valence-electron chi connectivity index (χ0n) is 20.2. The molecule has 0 aliphatic carbocycles. The molecule has 0 radical (unpaired) electrons. The molecule has 0 aliphatic heterocycles. The molecule has 9 heteroatoms. The summed E-state index contributed by atoms with van der Waals surface area (Å²) in [5.74, 6) is -0.105. The molecule has 35 heavy (non-hydrogen) atoms. The van der Waals surface area contributed by atoms with Gasteiger partial charge in [0, 0.05) is 28.6 Å². The third kappa shape index (κ3) is 7.00. The van der Waals surface area contributed by atoms with Gasteiger partial charge < -0.3 is 10.2 Å². The van der Waals surface area contributed by atoms with E-state index in [4.69, 9.17) is 39.9 Å². The molecule has 0 saturated heterocycles. The maximum atomic E-state index is 13.1. The SMILES string of the molecule is CCCCN(CC(=O)Nc1cc(C(C)(C)C)nn1-c1ccc(Cl)c(Cl)c1)C(=O)c1cccc(Cl)c1. The van der Waals surface area contributed by atoms with E-state index >= 15 is 0 Å². The second kappa shape index (κ2) is 11.5. The van der Waals surface area contributed by atoms with E-state index in [2.05, 4.69) is 5.32 Å². The summed E-state index contributed by atoms with van der Waals surface area (Å²) in [6.07, 6.45) is 1.66. The number of carbonyl (C=O) groups excluding carboxylic acids is 2. The number of halogens is 3. The second-order valence-corrected chi connectivity index (χ2v) is 10.6. The third-order valence-electron chi connectivity index (χ3n) is 5.37. The molecule has 0 aliphatic rings. The van der Waals surface area contributed by atoms with Crippen LogP contribution in [0.15, 0.2) is 48.5 Å². The van der Waals surface area contributed by atoms with Crippen molar-refractivity contribution in [2.45, 2.75) is 46.0 Å². The number of anilines is 1. The molecule has 186 valence electrons. The normalized spacial score (nSPS) is 11.4. The van der Waals surface area contributed by atoms with E-state index in [-0.39, 0.29) is 23.8 Å². The summed E-state index contributed by atoms with van der Waals surface area (Å²) >= 11 is 18.4. The quantitative estimate of drug-likeness (QED) is 0.337. The Balaban J connectivity index is 1.88. The van der Waals surface area contributed by atoms with Crippen LogP contribution >= 0.6 is 34.8 Å². The topological polar surface area (TPSA) is 67.2 Å². The van der Waals surface area contributed by atoms with Crippen molar-refractivity contribution >= 4 is 52.4 Å². The molecular weight excluding hydrogens is 507 g/mol. The zero-order valence-corrected chi connectivity index (χ0v) is 22.5. The van der Waals surface area contributed by atoms with Crippen LogP contribution < -0.4 is 5.32 Å². The van der Waals surface area contributed by atoms with Crippen molar-refractivity contribution in [3.8, 4) is 5.69 Å². The van der Waals surface area contributed by atoms with Gasteiger partial charge in [0.15, 0.2) is 0 Å². The highest BCUT2D eigenvalue weighted by Crippen LogP contribution is 2.29. The summed E-state index contributed by atoms with van der Waals surface area (Å²) in [6, 6.07) is 13.7. The molecule has 3 rings (SSSR count). The van der Waals surface area contributed by atoms with Crippen LogP contribution in [0.5, 0.6) is 0 Å². The van der Waals surface area contributed by atoms with E-state index in [1.54, 1.807) is 47.1 Å². The van der Waals surface area contributed by atoms with E-state index in [0.717, 1.165) is 18.5 Å². The fourth-order valence-electron chi connectivity index (χ4n) is 3.41. The minimum Gasteiger partial charge on any atom is -0.329 e. The van der Waals surface area contributed by atoms with Gasteiger partial charge in [-0.15, -0.1) is 0 Å². The monoisotopic (exact) mass is 534 g/mol. The largest absolute Gasteiger partial charge is 0.329 e. The first kappa shape index (κ1) is 27.1. The van der Waals surface area contributed by atoms with E-state index in [1.165, 1.54) is 4.90 Å². The number of unbranched alkanes of at least 4 members (excludes halogenated alkanes) is 1. The van der Waals surface area contributed by atoms with Crippen LogP contribution in [0.1, 0.15) is 56.6 Å². The number of rotatable bonds is 8. The fourth-order valence-corrected chi connectivity index (χ4v) is 3.89. The molecule has 2 amide bonds. The van der Waals surface area contributed by atoms with E-state index in [9.17, 15) is 9.59 Å². The van der Waals surface area contributed by atoms with Crippen LogP contribution in [0.3, 0.4) is 0 Å². The van der Waals surface area contributed by atoms with Crippen LogP contribution in [0.25, 0.3) is 5.69 Å². The third-order valence-corrected chi connectivity index (χ3v) is 6.34. The Kier molecular flexibility index (Phi) is 8.86. The lowest BCUT2D eigenvalue weighted by Gasteiger charge is -2.22. The average Bonchev–Trinajstić information content (AvgIpc) is 3.22. The summed E-state index contributed by atoms with van der Waals surface area (Å²) in [6.45, 7) is 8.49. The molecule has 6 nitrogen and oxygen atoms in total. The predicted molar refractivity (Wildman–Crippen MR) is 143 cm³/mol. The zero-order chi connectivity index (χ0) is 25.8. The smallest absolute Gasteiger partial charge is 0.254 e. The Morgan fingerprint density at radius 2 is 1.77 bits per heavy atom. The molecule has 0 fully saturated rings. The highest BCUT2D eigenvalue weighted by Gasteiger charge is 2.24. The van der Waals surface area contributed by atoms with Crippen molar-refractivity contribution in [1.82, 2.24) is 14.7 Å². The van der Waals surface area contributed by atoms with Gasteiger partial charge in [-0.25, -0.2) is 4.68 Å². The summed E-state index contributed by atoms with van der Waals surface area (Å²) < 4.78 is 1.62. The van der Waals surface area contributed by atoms with Gasteiger partial charge in [0.1, 0.15) is 12.4 Å². The molecule has 0 bridgehead atoms. The number of benzene rings is 2. The Hall–Kier alpha value is -2.54. The number of nitrogens with zero attached hydrogens (tertiary/aromatic N) is 3. The lowest BCUT2D eigenvalue weighted by Crippen LogP contribution is -2.39. The van der Waals surface area contributed by atoms with Crippen molar-refractivity contribution < 1.29 is 9.59 Å². The van der Waals surface area contributed by atoms with Crippen LogP contribution in [-0.4, -0.2) is 39.6 Å². The van der Waals surface area contributed by atoms with Crippen molar-refractivity contribution in [1.29, 1.82) is 0 Å². The Labute approximate surface area is 221 Å². The van der Waals surface area contributed by atoms with Crippen molar-refractivity contribution in [3.05, 3.63) is 74.9 Å². The summed E-state index contributed by atoms with van der Waals surface area (Å²) in [4.78, 5) is 27.8. The minimum atomic E-state index is -0.335. The molecule has 3 aromatic rings. The van der Waals surface area contributed by atoms with E-state index in [1.807, 2.05) is 33.8 Å². The first-order chi connectivity index (χ1) is 16.5. The maximum absolute atomic E-state index is 13.1. The van der Waals surface area contributed by atoms with Crippen LogP contribution in [0, 0.1) is 0 Å². The van der Waals surface area contributed by atoms with Crippen molar-refractivity contribution in [2.75, 3.05) is 18.4 Å². The minimum absolute atomic E-state index is 0.108. The Bertz CT molecular complexity index is 1220. The maximum Gasteiger partial charge on any atom is 0.254 e. The second-order valence-electron chi connectivity index (χ2n) is 9.31. The van der Waals surface area contributed by atoms with Crippen LogP contribution in [0.4, 0.5) is 5.82 Å². The van der Waals surface area contributed by atoms with Gasteiger partial charge in [0.05, 0.1) is 21.4 Å². The molecule has 0 saturated carbocycles. The van der Waals surface area contributed by atoms with Gasteiger partial charge in [-0.1, -0.05) is 75.0 Å². The van der Waals surface area contributed by atoms with Gasteiger partial charge >= 0.3 is 0 Å². The number of amides is 2. The highest BCUT2D eigenvalue weighted by molar-refractivity contribution is 6.42. The van der Waals surface area contributed by atoms with Gasteiger partial charge in [-0.05, 0) is 42.8 Å². The lowest BCUT2D eigenvalue weighted by atomic mass is 9.92. The molecule has 1 heterocycles. The molecule has 0 spiro atoms. The summed E-state index contributed by atoms with van der Waals surface area (Å²) in [7, 11) is 0. The molecular formula is C26H29Cl3N4O2. The average molecular weight is 536 g/mol. The first-order valence-electron chi connectivity index (χ1n) is 11.4. The number of nitrogens with one attached hydrogen (secondary N) is 1. The number of hydrogen-bond donors (Lipinski definition) is 1. The lowest BCUT2D eigenvalue weighted by molar-refractivity contribution is -0.116. The van der Waals surface area contributed by atoms with Crippen LogP contribution in [-0.2, 0) is 10.2 Å². The molecule has 0 unspecified atom stereocenters.